The molecule has 0 saturated carbocycles. The number of halogens is 2. The summed E-state index contributed by atoms with van der Waals surface area (Å²) in [5.74, 6) is -3.07. The van der Waals surface area contributed by atoms with Crippen molar-refractivity contribution in [3.8, 4) is 0 Å². The van der Waals surface area contributed by atoms with Gasteiger partial charge in [-0.2, -0.15) is 5.10 Å². The molecule has 28 heavy (non-hydrogen) atoms. The third-order valence-electron chi connectivity index (χ3n) is 3.63. The average Bonchev–Trinajstić information content (AvgIpc) is 2.66. The molecule has 0 unspecified atom stereocenters. The SMILES string of the molecule is O=C(Cn1nc(C(=O)Nc2ccccc2)ccc1=O)Nc1ccc(F)cc1F. The van der Waals surface area contributed by atoms with Gasteiger partial charge >= 0.3 is 0 Å². The van der Waals surface area contributed by atoms with Gasteiger partial charge in [0, 0.05) is 17.8 Å². The first-order valence-corrected chi connectivity index (χ1v) is 8.12. The van der Waals surface area contributed by atoms with Crippen molar-refractivity contribution in [2.75, 3.05) is 10.6 Å². The van der Waals surface area contributed by atoms with Gasteiger partial charge in [-0.1, -0.05) is 18.2 Å². The van der Waals surface area contributed by atoms with E-state index in [2.05, 4.69) is 15.7 Å². The second-order valence-electron chi connectivity index (χ2n) is 5.71. The standard InChI is InChI=1S/C19H14F2N4O3/c20-12-6-7-15(14(21)10-12)23-17(26)11-25-18(27)9-8-16(24-25)19(28)22-13-4-2-1-3-5-13/h1-10H,11H2,(H,22,28)(H,23,26). The van der Waals surface area contributed by atoms with Gasteiger partial charge in [0.25, 0.3) is 11.5 Å². The Morgan fingerprint density at radius 2 is 1.71 bits per heavy atom. The number of aromatic nitrogens is 2. The fourth-order valence-corrected chi connectivity index (χ4v) is 2.32. The summed E-state index contributed by atoms with van der Waals surface area (Å²) in [4.78, 5) is 36.2. The largest absolute Gasteiger partial charge is 0.322 e. The van der Waals surface area contributed by atoms with Crippen molar-refractivity contribution in [3.63, 3.8) is 0 Å². The maximum Gasteiger partial charge on any atom is 0.276 e. The summed E-state index contributed by atoms with van der Waals surface area (Å²) in [6, 6.07) is 13.6. The molecule has 2 N–H and O–H groups in total. The molecule has 0 fully saturated rings. The first-order valence-electron chi connectivity index (χ1n) is 8.12. The molecular weight excluding hydrogens is 370 g/mol. The predicted octanol–water partition coefficient (Wildman–Crippen LogP) is 2.41. The first kappa shape index (κ1) is 18.9. The van der Waals surface area contributed by atoms with E-state index in [1.54, 1.807) is 30.3 Å². The summed E-state index contributed by atoms with van der Waals surface area (Å²) in [6.45, 7) is -0.553. The van der Waals surface area contributed by atoms with Crippen molar-refractivity contribution in [2.45, 2.75) is 6.54 Å². The summed E-state index contributed by atoms with van der Waals surface area (Å²) < 4.78 is 27.3. The smallest absolute Gasteiger partial charge is 0.276 e. The molecule has 7 nitrogen and oxygen atoms in total. The van der Waals surface area contributed by atoms with Crippen molar-refractivity contribution < 1.29 is 18.4 Å². The van der Waals surface area contributed by atoms with Crippen LogP contribution in [-0.4, -0.2) is 21.6 Å². The van der Waals surface area contributed by atoms with Crippen LogP contribution in [0.2, 0.25) is 0 Å². The molecule has 0 spiro atoms. The summed E-state index contributed by atoms with van der Waals surface area (Å²) in [7, 11) is 0. The van der Waals surface area contributed by atoms with Crippen LogP contribution in [0.4, 0.5) is 20.2 Å². The Labute approximate surface area is 157 Å². The van der Waals surface area contributed by atoms with Gasteiger partial charge in [-0.25, -0.2) is 13.5 Å². The van der Waals surface area contributed by atoms with Crippen molar-refractivity contribution in [2.24, 2.45) is 0 Å². The van der Waals surface area contributed by atoms with Crippen LogP contribution in [0.15, 0.2) is 65.5 Å². The third-order valence-corrected chi connectivity index (χ3v) is 3.63. The molecule has 0 aliphatic rings. The minimum atomic E-state index is -0.954. The molecule has 1 heterocycles. The van der Waals surface area contributed by atoms with E-state index in [9.17, 15) is 23.2 Å². The second-order valence-corrected chi connectivity index (χ2v) is 5.71. The first-order chi connectivity index (χ1) is 13.4. The van der Waals surface area contributed by atoms with Gasteiger partial charge in [-0.15, -0.1) is 0 Å². The number of carbonyl (C=O) groups is 2. The molecular formula is C19H14F2N4O3. The molecule has 3 rings (SSSR count). The predicted molar refractivity (Wildman–Crippen MR) is 97.9 cm³/mol. The zero-order chi connectivity index (χ0) is 20.1. The van der Waals surface area contributed by atoms with Crippen molar-refractivity contribution in [3.05, 3.63) is 88.3 Å². The minimum Gasteiger partial charge on any atom is -0.322 e. The lowest BCUT2D eigenvalue weighted by Crippen LogP contribution is -2.31. The van der Waals surface area contributed by atoms with E-state index >= 15 is 0 Å². The van der Waals surface area contributed by atoms with Crippen LogP contribution in [0.3, 0.4) is 0 Å². The molecule has 0 radical (unpaired) electrons. The van der Waals surface area contributed by atoms with Gasteiger partial charge in [-0.3, -0.25) is 14.4 Å². The zero-order valence-corrected chi connectivity index (χ0v) is 14.4. The van der Waals surface area contributed by atoms with Gasteiger partial charge in [0.1, 0.15) is 23.9 Å². The fraction of sp³-hybridized carbons (Fsp3) is 0.0526. The maximum atomic E-state index is 13.6. The van der Waals surface area contributed by atoms with E-state index < -0.39 is 35.6 Å². The van der Waals surface area contributed by atoms with E-state index in [-0.39, 0.29) is 11.4 Å². The summed E-state index contributed by atoms with van der Waals surface area (Å²) in [5.41, 5.74) is -0.399. The quantitative estimate of drug-likeness (QED) is 0.707. The van der Waals surface area contributed by atoms with Crippen LogP contribution in [0, 0.1) is 11.6 Å². The van der Waals surface area contributed by atoms with Crippen molar-refractivity contribution >= 4 is 23.2 Å². The normalized spacial score (nSPS) is 10.4. The molecule has 3 aromatic rings. The number of anilines is 2. The maximum absolute atomic E-state index is 13.6. The number of hydrogen-bond acceptors (Lipinski definition) is 4. The number of amides is 2. The Morgan fingerprint density at radius 1 is 0.964 bits per heavy atom. The second kappa shape index (κ2) is 8.21. The molecule has 142 valence electrons. The Hall–Kier alpha value is -3.88. The highest BCUT2D eigenvalue weighted by atomic mass is 19.1. The van der Waals surface area contributed by atoms with Gasteiger partial charge in [0.05, 0.1) is 5.69 Å². The molecule has 0 aliphatic heterocycles. The van der Waals surface area contributed by atoms with E-state index in [0.717, 1.165) is 22.9 Å². The topological polar surface area (TPSA) is 93.1 Å². The Kier molecular flexibility index (Phi) is 5.54. The Balaban J connectivity index is 1.73. The summed E-state index contributed by atoms with van der Waals surface area (Å²) in [5, 5.41) is 8.69. The lowest BCUT2D eigenvalue weighted by molar-refractivity contribution is -0.117. The molecule has 1 aromatic heterocycles. The molecule has 9 heteroatoms. The number of benzene rings is 2. The lowest BCUT2D eigenvalue weighted by Gasteiger charge is -2.09. The van der Waals surface area contributed by atoms with Gasteiger partial charge in [0.2, 0.25) is 5.91 Å². The molecule has 2 aromatic carbocycles. The molecule has 0 bridgehead atoms. The molecule has 2 amide bonds. The Morgan fingerprint density at radius 3 is 2.43 bits per heavy atom. The highest BCUT2D eigenvalue weighted by Gasteiger charge is 2.13. The summed E-state index contributed by atoms with van der Waals surface area (Å²) in [6.07, 6.45) is 0. The lowest BCUT2D eigenvalue weighted by atomic mass is 10.3. The third kappa shape index (κ3) is 4.64. The molecule has 0 atom stereocenters. The monoisotopic (exact) mass is 384 g/mol. The van der Waals surface area contributed by atoms with Crippen LogP contribution >= 0.6 is 0 Å². The average molecular weight is 384 g/mol. The minimum absolute atomic E-state index is 0.0794. The van der Waals surface area contributed by atoms with Crippen LogP contribution < -0.4 is 16.2 Å². The van der Waals surface area contributed by atoms with E-state index in [1.165, 1.54) is 6.07 Å². The van der Waals surface area contributed by atoms with Gasteiger partial charge in [0.15, 0.2) is 0 Å². The Bertz CT molecular complexity index is 1080. The van der Waals surface area contributed by atoms with Gasteiger partial charge < -0.3 is 10.6 Å². The van der Waals surface area contributed by atoms with Crippen LogP contribution in [0.1, 0.15) is 10.5 Å². The van der Waals surface area contributed by atoms with Crippen LogP contribution in [0.25, 0.3) is 0 Å². The summed E-state index contributed by atoms with van der Waals surface area (Å²) >= 11 is 0. The van der Waals surface area contributed by atoms with E-state index in [1.807, 2.05) is 0 Å². The van der Waals surface area contributed by atoms with Crippen LogP contribution in [-0.2, 0) is 11.3 Å². The highest BCUT2D eigenvalue weighted by molar-refractivity contribution is 6.02. The molecule has 0 aliphatic carbocycles. The number of carbonyl (C=O) groups excluding carboxylic acids is 2. The van der Waals surface area contributed by atoms with E-state index in [4.69, 9.17) is 0 Å². The number of hydrogen-bond donors (Lipinski definition) is 2. The van der Waals surface area contributed by atoms with Crippen molar-refractivity contribution in [1.29, 1.82) is 0 Å². The number of rotatable bonds is 5. The zero-order valence-electron chi connectivity index (χ0n) is 14.4. The fourth-order valence-electron chi connectivity index (χ4n) is 2.32. The van der Waals surface area contributed by atoms with Gasteiger partial charge in [-0.05, 0) is 30.3 Å². The van der Waals surface area contributed by atoms with Crippen molar-refractivity contribution in [1.82, 2.24) is 9.78 Å². The number of nitrogens with one attached hydrogen (secondary N) is 2. The van der Waals surface area contributed by atoms with E-state index in [0.29, 0.717) is 11.8 Å². The number of nitrogens with zero attached hydrogens (tertiary/aromatic N) is 2. The van der Waals surface area contributed by atoms with Crippen LogP contribution in [0.5, 0.6) is 0 Å². The number of para-hydroxylation sites is 1. The highest BCUT2D eigenvalue weighted by Crippen LogP contribution is 2.14. The molecule has 0 saturated heterocycles.